The average Bonchev–Trinajstić information content (AvgIpc) is 2.52. The Balaban J connectivity index is 2.09. The van der Waals surface area contributed by atoms with Crippen molar-refractivity contribution in [1.82, 2.24) is 4.90 Å². The van der Waals surface area contributed by atoms with E-state index >= 15 is 0 Å². The van der Waals surface area contributed by atoms with Crippen LogP contribution in [0.25, 0.3) is 0 Å². The molecule has 1 aliphatic heterocycles. The molecular weight excluding hydrogens is 253 g/mol. The molecule has 0 saturated carbocycles. The maximum atomic E-state index is 13.3. The average molecular weight is 272 g/mol. The van der Waals surface area contributed by atoms with Crippen LogP contribution in [0.15, 0.2) is 18.2 Å². The molecule has 2 rings (SSSR count). The zero-order valence-electron chi connectivity index (χ0n) is 10.4. The number of hydrogen-bond donors (Lipinski definition) is 1. The molecule has 0 amide bonds. The number of halogens is 2. The monoisotopic (exact) mass is 271 g/mol. The molecule has 1 saturated heterocycles. The molecule has 0 spiro atoms. The van der Waals surface area contributed by atoms with E-state index in [0.717, 1.165) is 31.4 Å². The van der Waals surface area contributed by atoms with Crippen molar-refractivity contribution in [2.75, 3.05) is 13.2 Å². The minimum Gasteiger partial charge on any atom is -0.395 e. The lowest BCUT2D eigenvalue weighted by atomic mass is 10.1. The minimum atomic E-state index is -0.298. The Morgan fingerprint density at radius 3 is 2.83 bits per heavy atom. The van der Waals surface area contributed by atoms with E-state index in [1.54, 1.807) is 6.07 Å². The van der Waals surface area contributed by atoms with Crippen molar-refractivity contribution < 1.29 is 9.50 Å². The highest BCUT2D eigenvalue weighted by Crippen LogP contribution is 2.21. The molecular formula is C14H19ClFNO. The summed E-state index contributed by atoms with van der Waals surface area (Å²) in [4.78, 5) is 2.23. The van der Waals surface area contributed by atoms with Crippen LogP contribution in [0.1, 0.15) is 31.2 Å². The Morgan fingerprint density at radius 1 is 1.28 bits per heavy atom. The first-order valence-electron chi connectivity index (χ1n) is 6.49. The third-order valence-electron chi connectivity index (χ3n) is 3.52. The van der Waals surface area contributed by atoms with Gasteiger partial charge in [-0.3, -0.25) is 4.90 Å². The Morgan fingerprint density at radius 2 is 2.11 bits per heavy atom. The number of rotatable bonds is 3. The lowest BCUT2D eigenvalue weighted by Gasteiger charge is -2.28. The van der Waals surface area contributed by atoms with Gasteiger partial charge in [0.15, 0.2) is 0 Å². The Hall–Kier alpha value is -0.640. The number of likely N-dealkylation sites (tertiary alicyclic amines) is 1. The summed E-state index contributed by atoms with van der Waals surface area (Å²) in [6, 6.07) is 4.82. The molecule has 4 heteroatoms. The summed E-state index contributed by atoms with van der Waals surface area (Å²) in [5.74, 6) is -0.298. The third kappa shape index (κ3) is 3.67. The molecule has 1 N–H and O–H groups in total. The van der Waals surface area contributed by atoms with Crippen LogP contribution >= 0.6 is 11.6 Å². The molecule has 1 heterocycles. The highest BCUT2D eigenvalue weighted by Gasteiger charge is 2.20. The summed E-state index contributed by atoms with van der Waals surface area (Å²) in [7, 11) is 0. The van der Waals surface area contributed by atoms with Gasteiger partial charge in [-0.2, -0.15) is 0 Å². The number of benzene rings is 1. The van der Waals surface area contributed by atoms with Crippen molar-refractivity contribution in [2.24, 2.45) is 0 Å². The van der Waals surface area contributed by atoms with Crippen LogP contribution in [0.3, 0.4) is 0 Å². The van der Waals surface area contributed by atoms with E-state index in [1.165, 1.54) is 18.6 Å². The standard InChI is InChI=1S/C14H19ClFNO/c15-12-6-11(7-13(16)8-12)9-17-5-3-1-2-4-14(17)10-18/h6-8,14,18H,1-5,9-10H2. The normalized spacial score (nSPS) is 21.8. The van der Waals surface area contributed by atoms with Gasteiger partial charge in [0.1, 0.15) is 5.82 Å². The Labute approximate surface area is 112 Å². The highest BCUT2D eigenvalue weighted by molar-refractivity contribution is 6.30. The van der Waals surface area contributed by atoms with Crippen LogP contribution in [0, 0.1) is 5.82 Å². The van der Waals surface area contributed by atoms with Gasteiger partial charge in [0, 0.05) is 17.6 Å². The van der Waals surface area contributed by atoms with E-state index < -0.39 is 0 Å². The van der Waals surface area contributed by atoms with Crippen LogP contribution in [0.5, 0.6) is 0 Å². The fourth-order valence-corrected chi connectivity index (χ4v) is 2.83. The molecule has 1 atom stereocenters. The van der Waals surface area contributed by atoms with Crippen LogP contribution in [0.2, 0.25) is 5.02 Å². The predicted molar refractivity (Wildman–Crippen MR) is 71.2 cm³/mol. The van der Waals surface area contributed by atoms with Crippen molar-refractivity contribution in [2.45, 2.75) is 38.3 Å². The number of nitrogens with zero attached hydrogens (tertiary/aromatic N) is 1. The largest absolute Gasteiger partial charge is 0.395 e. The molecule has 1 fully saturated rings. The van der Waals surface area contributed by atoms with Crippen molar-refractivity contribution in [3.8, 4) is 0 Å². The topological polar surface area (TPSA) is 23.5 Å². The Kier molecular flexibility index (Phi) is 4.98. The minimum absolute atomic E-state index is 0.170. The molecule has 0 radical (unpaired) electrons. The molecule has 1 aromatic carbocycles. The van der Waals surface area contributed by atoms with Crippen LogP contribution in [-0.2, 0) is 6.54 Å². The van der Waals surface area contributed by atoms with Gasteiger partial charge in [-0.05, 0) is 43.1 Å². The highest BCUT2D eigenvalue weighted by atomic mass is 35.5. The third-order valence-corrected chi connectivity index (χ3v) is 3.74. The number of aliphatic hydroxyl groups excluding tert-OH is 1. The maximum absolute atomic E-state index is 13.3. The summed E-state index contributed by atoms with van der Waals surface area (Å²) < 4.78 is 13.3. The van der Waals surface area contributed by atoms with Crippen LogP contribution in [0.4, 0.5) is 4.39 Å². The molecule has 18 heavy (non-hydrogen) atoms. The lowest BCUT2D eigenvalue weighted by molar-refractivity contribution is 0.118. The fourth-order valence-electron chi connectivity index (χ4n) is 2.59. The van der Waals surface area contributed by atoms with Crippen LogP contribution < -0.4 is 0 Å². The molecule has 1 aliphatic rings. The molecule has 0 aliphatic carbocycles. The first-order chi connectivity index (χ1) is 8.69. The SMILES string of the molecule is OCC1CCCCCN1Cc1cc(F)cc(Cl)c1. The number of aliphatic hydroxyl groups is 1. The van der Waals surface area contributed by atoms with E-state index in [4.69, 9.17) is 11.6 Å². The van der Waals surface area contributed by atoms with E-state index in [0.29, 0.717) is 11.6 Å². The summed E-state index contributed by atoms with van der Waals surface area (Å²) in [5.41, 5.74) is 0.875. The van der Waals surface area contributed by atoms with Crippen molar-refractivity contribution in [3.05, 3.63) is 34.6 Å². The van der Waals surface area contributed by atoms with E-state index in [1.807, 2.05) is 0 Å². The molecule has 100 valence electrons. The van der Waals surface area contributed by atoms with Crippen molar-refractivity contribution in [3.63, 3.8) is 0 Å². The molecule has 1 aromatic rings. The fraction of sp³-hybridized carbons (Fsp3) is 0.571. The summed E-state index contributed by atoms with van der Waals surface area (Å²) in [6.07, 6.45) is 4.52. The van der Waals surface area contributed by atoms with Gasteiger partial charge < -0.3 is 5.11 Å². The predicted octanol–water partition coefficient (Wildman–Crippen LogP) is 3.22. The second kappa shape index (κ2) is 6.50. The van der Waals surface area contributed by atoms with Crippen LogP contribution in [-0.4, -0.2) is 29.2 Å². The van der Waals surface area contributed by atoms with Gasteiger partial charge in [0.25, 0.3) is 0 Å². The summed E-state index contributed by atoms with van der Waals surface area (Å²) >= 11 is 5.86. The second-order valence-corrected chi connectivity index (χ2v) is 5.37. The van der Waals surface area contributed by atoms with E-state index in [9.17, 15) is 9.50 Å². The zero-order valence-corrected chi connectivity index (χ0v) is 11.2. The van der Waals surface area contributed by atoms with Gasteiger partial charge in [-0.15, -0.1) is 0 Å². The maximum Gasteiger partial charge on any atom is 0.125 e. The quantitative estimate of drug-likeness (QED) is 0.912. The van der Waals surface area contributed by atoms with E-state index in [2.05, 4.69) is 4.90 Å². The Bertz CT molecular complexity index is 379. The molecule has 0 bridgehead atoms. The van der Waals surface area contributed by atoms with Gasteiger partial charge in [0.05, 0.1) is 6.61 Å². The smallest absolute Gasteiger partial charge is 0.125 e. The molecule has 2 nitrogen and oxygen atoms in total. The van der Waals surface area contributed by atoms with Crippen molar-refractivity contribution in [1.29, 1.82) is 0 Å². The first kappa shape index (κ1) is 13.8. The van der Waals surface area contributed by atoms with Gasteiger partial charge in [0.2, 0.25) is 0 Å². The zero-order chi connectivity index (χ0) is 13.0. The summed E-state index contributed by atoms with van der Waals surface area (Å²) in [6.45, 7) is 1.78. The van der Waals surface area contributed by atoms with Gasteiger partial charge in [-0.1, -0.05) is 24.4 Å². The molecule has 1 unspecified atom stereocenters. The number of hydrogen-bond acceptors (Lipinski definition) is 2. The summed E-state index contributed by atoms with van der Waals surface area (Å²) in [5, 5.41) is 9.86. The first-order valence-corrected chi connectivity index (χ1v) is 6.86. The van der Waals surface area contributed by atoms with E-state index in [-0.39, 0.29) is 18.5 Å². The lowest BCUT2D eigenvalue weighted by Crippen LogP contribution is -2.36. The van der Waals surface area contributed by atoms with Gasteiger partial charge in [-0.25, -0.2) is 4.39 Å². The van der Waals surface area contributed by atoms with Gasteiger partial charge >= 0.3 is 0 Å². The molecule has 0 aromatic heterocycles. The van der Waals surface area contributed by atoms with Crippen molar-refractivity contribution >= 4 is 11.6 Å². The second-order valence-electron chi connectivity index (χ2n) is 4.93.